The average Bonchev–Trinajstić information content (AvgIpc) is 1.64. The number of ether oxygens (including phenoxy) is 2. The van der Waals surface area contributed by atoms with Crippen LogP contribution in [-0.4, -0.2) is 151 Å². The normalized spacial score (nSPS) is 15.7. The molecule has 2 aliphatic heterocycles. The zero-order chi connectivity index (χ0) is 67.0. The first-order chi connectivity index (χ1) is 42.3. The Morgan fingerprint density at radius 2 is 1.00 bits per heavy atom. The van der Waals surface area contributed by atoms with Gasteiger partial charge in [-0.25, -0.2) is 4.39 Å². The van der Waals surface area contributed by atoms with Gasteiger partial charge in [0.05, 0.1) is 44.1 Å². The fourth-order valence-electron chi connectivity index (χ4n) is 8.56. The summed E-state index contributed by atoms with van der Waals surface area (Å²) in [7, 11) is 0. The quantitative estimate of drug-likeness (QED) is 0.0162. The Morgan fingerprint density at radius 1 is 0.622 bits per heavy atom. The van der Waals surface area contributed by atoms with Crippen molar-refractivity contribution in [3.63, 3.8) is 0 Å². The number of anilines is 1. The van der Waals surface area contributed by atoms with Gasteiger partial charge in [-0.3, -0.25) is 29.0 Å². The summed E-state index contributed by atoms with van der Waals surface area (Å²) in [6, 6.07) is 57.2. The smallest absolute Gasteiger partial charge is 0.324 e. The summed E-state index contributed by atoms with van der Waals surface area (Å²) in [5.41, 5.74) is 12.5. The Kier molecular flexibility index (Phi) is 73.0. The molecule has 0 aliphatic carbocycles. The molecule has 98 heavy (non-hydrogen) atoms. The second-order valence-corrected chi connectivity index (χ2v) is 22.9. The molecule has 8 rings (SSSR count). The van der Waals surface area contributed by atoms with E-state index in [1.54, 1.807) is 19.1 Å². The van der Waals surface area contributed by atoms with E-state index < -0.39 is 17.8 Å². The Bertz CT molecular complexity index is 2850. The predicted octanol–water partition coefficient (Wildman–Crippen LogP) is 14.7. The first-order valence-corrected chi connectivity index (χ1v) is 32.0. The molecule has 6 aromatic rings. The molecule has 0 aromatic heterocycles. The van der Waals surface area contributed by atoms with Crippen LogP contribution in [0.5, 0.6) is 0 Å². The summed E-state index contributed by atoms with van der Waals surface area (Å²) in [6.45, 7) is 23.3. The van der Waals surface area contributed by atoms with Crippen LogP contribution in [0.25, 0.3) is 0 Å². The van der Waals surface area contributed by atoms with Crippen molar-refractivity contribution < 1.29 is 107 Å². The zero-order valence-corrected chi connectivity index (χ0v) is 61.3. The van der Waals surface area contributed by atoms with E-state index in [1.807, 2.05) is 136 Å². The van der Waals surface area contributed by atoms with Gasteiger partial charge in [0.2, 0.25) is 0 Å². The first-order valence-electron chi connectivity index (χ1n) is 29.6. The van der Waals surface area contributed by atoms with E-state index in [0.29, 0.717) is 36.7 Å². The number of halogens is 4. The van der Waals surface area contributed by atoms with E-state index >= 15 is 0 Å². The molecule has 12 unspecified atom stereocenters. The number of nitrogens with zero attached hydrogens (tertiary/aromatic N) is 3. The van der Waals surface area contributed by atoms with Crippen LogP contribution < -0.4 is 16.0 Å². The van der Waals surface area contributed by atoms with Gasteiger partial charge in [-0.15, -0.1) is 0 Å². The number of aliphatic hydroxyl groups excluding tert-OH is 3. The van der Waals surface area contributed by atoms with Crippen LogP contribution in [0.4, 0.5) is 10.1 Å². The molecule has 0 saturated carbocycles. The van der Waals surface area contributed by atoms with Gasteiger partial charge in [0.1, 0.15) is 16.7 Å². The van der Waals surface area contributed by atoms with Crippen LogP contribution >= 0.6 is 43.5 Å². The van der Waals surface area contributed by atoms with Crippen LogP contribution in [-0.2, 0) is 66.1 Å². The first kappa shape index (κ1) is 112. The maximum Gasteiger partial charge on any atom is 0.324 e. The zero-order valence-electron chi connectivity index (χ0n) is 54.8. The Balaban J connectivity index is -0.000000135. The number of nitrogens with one attached hydrogen (secondary N) is 1. The van der Waals surface area contributed by atoms with Crippen LogP contribution in [0, 0.1) is 5.82 Å². The van der Waals surface area contributed by atoms with E-state index in [2.05, 4.69) is 128 Å². The monoisotopic (exact) mass is 1670 g/mol. The molecule has 0 amide bonds. The molecule has 2 fully saturated rings. The number of carbonyl (C=O) groups excluding carboxylic acids is 2. The van der Waals surface area contributed by atoms with Crippen LogP contribution in [0.3, 0.4) is 0 Å². The van der Waals surface area contributed by atoms with E-state index in [0.717, 1.165) is 38.2 Å². The summed E-state index contributed by atoms with van der Waals surface area (Å²) < 4.78 is 23.0. The number of aliphatic carboxylic acids is 2. The standard InChI is InChI=1S/C17H19ClFNO.C13H17NO2.C11H15NO.C11H17NO.C8H11N.C5H8Br2O2.2C2H4O2.5CH4.Cu.2H2O.Pd/c1-12(11-21)20(13(2)14-6-4-3-5-7-14)15-8-9-17(19)16(18)10-15;1-3-16-13(15)12-9-14(12)10(2)11-7-5-4-6-8-11;1-9(12-7-11(12)8-13)10-5-3-2-4-6-10;1-9(8-13)12-10(2)11-6-4-3-5-7-11;1-7(9)8-5-3-2-4-6-8;1-2-9-5(8)4(7)3-6;2*1-2(3)4;;;;;;;;;/h3-10,12-13,21H,11H2,1-2H3;4-8,10,12H,3,9H2,1-2H3;2-6,9,11,13H,7-8H2,1H3;3-7,9-10,12-13H,8H2,1-2H3;2-7H,9H2,1H3;4H,2-3H2,1H3;2*1H3,(H,3,4);5*1H4;;2*1H2;. The maximum atomic E-state index is 13.4. The van der Waals surface area contributed by atoms with Crippen molar-refractivity contribution in [3.05, 3.63) is 209 Å². The minimum atomic E-state index is -0.833. The molecule has 12 N–H and O–H groups in total. The number of carbonyl (C=O) groups is 4. The van der Waals surface area contributed by atoms with Crippen molar-refractivity contribution in [2.75, 3.05) is 56.4 Å². The number of aliphatic hydroxyl groups is 3. The molecule has 6 aromatic carbocycles. The van der Waals surface area contributed by atoms with E-state index in [9.17, 15) is 19.1 Å². The third-order valence-electron chi connectivity index (χ3n) is 13.5. The molecule has 2 aliphatic rings. The van der Waals surface area contributed by atoms with Crippen molar-refractivity contribution in [2.45, 2.75) is 172 Å². The van der Waals surface area contributed by atoms with Gasteiger partial charge in [0.25, 0.3) is 11.9 Å². The molecule has 567 valence electrons. The molecular weight excluding hydrogens is 1550 g/mol. The van der Waals surface area contributed by atoms with Gasteiger partial charge in [-0.1, -0.05) is 232 Å². The number of hydrogen-bond acceptors (Lipinski definition) is 14. The van der Waals surface area contributed by atoms with Crippen LogP contribution in [0.2, 0.25) is 5.02 Å². The molecule has 24 heteroatoms. The molecule has 0 spiro atoms. The fraction of sp³-hybridized carbons (Fsp3) is 0.459. The van der Waals surface area contributed by atoms with Crippen LogP contribution in [0.15, 0.2) is 170 Å². The second-order valence-electron chi connectivity index (χ2n) is 20.8. The summed E-state index contributed by atoms with van der Waals surface area (Å²) in [4.78, 5) is 46.4. The SMILES string of the molecule is C.C.C.C.C.CC(=O)O.CC(=O)O.CC(CO)N(c1ccc(F)c(Cl)c1)C(C)c1ccccc1.CC(CO)NC(C)c1ccccc1.CC(N)c1ccccc1.CC(c1ccccc1)N1CC1CO.CCOC(=O)C(Br)CBr.CCOC(=O)C1CN1C(C)c1ccccc1.O.O.[Cu].[Pd]. The van der Waals surface area contributed by atoms with Crippen molar-refractivity contribution in [1.82, 2.24) is 15.1 Å². The van der Waals surface area contributed by atoms with Crippen molar-refractivity contribution in [1.29, 1.82) is 0 Å². The number of nitrogens with two attached hydrogens (primary N) is 1. The number of benzene rings is 6. The number of alkyl halides is 2. The topological polar surface area (TPSA) is 298 Å². The number of rotatable bonds is 20. The molecule has 18 nitrogen and oxygen atoms in total. The van der Waals surface area contributed by atoms with Gasteiger partial charge in [-0.05, 0) is 108 Å². The van der Waals surface area contributed by atoms with Gasteiger partial charge in [-0.2, -0.15) is 0 Å². The molecule has 1 radical (unpaired) electrons. The summed E-state index contributed by atoms with van der Waals surface area (Å²) in [5, 5.41) is 46.1. The van der Waals surface area contributed by atoms with E-state index in [4.69, 9.17) is 52.1 Å². The average molecular weight is 1670 g/mol. The molecule has 2 heterocycles. The largest absolute Gasteiger partial charge is 0.481 e. The summed E-state index contributed by atoms with van der Waals surface area (Å²) in [6.07, 6.45) is 0. The van der Waals surface area contributed by atoms with Gasteiger partial charge < -0.3 is 61.9 Å². The third-order valence-corrected chi connectivity index (χ3v) is 16.0. The number of carboxylic acid groups (broad SMARTS) is 2. The van der Waals surface area contributed by atoms with Gasteiger partial charge >= 0.3 is 11.9 Å². The number of hydrogen-bond donors (Lipinski definition) is 7. The molecular formula is C74H119Br2ClCuFN5O13Pd. The molecule has 0 bridgehead atoms. The maximum absolute atomic E-state index is 13.4. The third kappa shape index (κ3) is 46.4. The molecule has 2 saturated heterocycles. The minimum Gasteiger partial charge on any atom is -0.481 e. The van der Waals surface area contributed by atoms with Crippen molar-refractivity contribution >= 4 is 73.0 Å². The Labute approximate surface area is 633 Å². The van der Waals surface area contributed by atoms with Crippen molar-refractivity contribution in [2.24, 2.45) is 5.73 Å². The van der Waals surface area contributed by atoms with Gasteiger partial charge in [0.15, 0.2) is 0 Å². The Morgan fingerprint density at radius 3 is 1.33 bits per heavy atom. The fourth-order valence-corrected chi connectivity index (χ4v) is 9.13. The number of esters is 2. The molecule has 12 atom stereocenters. The van der Waals surface area contributed by atoms with Gasteiger partial charge in [0, 0.05) is 118 Å². The van der Waals surface area contributed by atoms with Crippen LogP contribution in [0.1, 0.15) is 171 Å². The summed E-state index contributed by atoms with van der Waals surface area (Å²) >= 11 is 12.2. The van der Waals surface area contributed by atoms with E-state index in [1.165, 1.54) is 28.3 Å². The van der Waals surface area contributed by atoms with E-state index in [-0.39, 0.29) is 163 Å². The summed E-state index contributed by atoms with van der Waals surface area (Å²) in [5.74, 6) is -2.41. The second kappa shape index (κ2) is 64.1. The minimum absolute atomic E-state index is 0. The number of carboxylic acids is 2. The van der Waals surface area contributed by atoms with Crippen molar-refractivity contribution in [3.8, 4) is 0 Å². The Hall–Kier alpha value is -5.00. The predicted molar refractivity (Wildman–Crippen MR) is 404 cm³/mol.